The van der Waals surface area contributed by atoms with E-state index in [0.29, 0.717) is 0 Å². The maximum atomic E-state index is 11.8. The van der Waals surface area contributed by atoms with E-state index in [2.05, 4.69) is 5.32 Å². The van der Waals surface area contributed by atoms with E-state index >= 15 is 0 Å². The Morgan fingerprint density at radius 1 is 1.38 bits per heavy atom. The second kappa shape index (κ2) is 5.33. The van der Waals surface area contributed by atoms with E-state index in [9.17, 15) is 21.6 Å². The van der Waals surface area contributed by atoms with Crippen LogP contribution in [0.3, 0.4) is 0 Å². The van der Waals surface area contributed by atoms with Crippen molar-refractivity contribution in [3.8, 4) is 0 Å². The predicted octanol–water partition coefficient (Wildman–Crippen LogP) is 0.610. The molecule has 4 nitrogen and oxygen atoms in total. The van der Waals surface area contributed by atoms with Crippen LogP contribution in [0.25, 0.3) is 0 Å². The van der Waals surface area contributed by atoms with Gasteiger partial charge in [0.05, 0.1) is 12.2 Å². The molecule has 1 unspecified atom stereocenters. The second-order valence-corrected chi connectivity index (χ2v) is 5.69. The monoisotopic (exact) mass is 260 g/mol. The van der Waals surface area contributed by atoms with Crippen molar-refractivity contribution in [3.05, 3.63) is 0 Å². The zero-order valence-corrected chi connectivity index (χ0v) is 9.50. The first-order valence-electron chi connectivity index (χ1n) is 5.06. The molecule has 1 aliphatic heterocycles. The third-order valence-electron chi connectivity index (χ3n) is 2.31. The largest absolute Gasteiger partial charge is 0.390 e. The highest BCUT2D eigenvalue weighted by molar-refractivity contribution is 7.89. The van der Waals surface area contributed by atoms with Gasteiger partial charge in [0.2, 0.25) is 10.0 Å². The molecule has 0 aromatic rings. The fourth-order valence-electron chi connectivity index (χ4n) is 1.57. The Hall–Kier alpha value is -0.340. The van der Waals surface area contributed by atoms with E-state index in [1.54, 1.807) is 0 Å². The Morgan fingerprint density at radius 3 is 2.56 bits per heavy atom. The maximum absolute atomic E-state index is 11.8. The van der Waals surface area contributed by atoms with E-state index in [0.717, 1.165) is 19.4 Å². The van der Waals surface area contributed by atoms with Gasteiger partial charge in [-0.2, -0.15) is 13.2 Å². The summed E-state index contributed by atoms with van der Waals surface area (Å²) in [6.07, 6.45) is -3.80. The SMILES string of the molecule is O=S(=O)(CC1CCCN1)NCCC(F)(F)F. The third-order valence-corrected chi connectivity index (χ3v) is 3.80. The van der Waals surface area contributed by atoms with Crippen molar-refractivity contribution < 1.29 is 21.6 Å². The summed E-state index contributed by atoms with van der Waals surface area (Å²) in [5.74, 6) is -0.148. The summed E-state index contributed by atoms with van der Waals surface area (Å²) in [5, 5.41) is 2.98. The number of alkyl halides is 3. The normalized spacial score (nSPS) is 22.6. The number of nitrogens with one attached hydrogen (secondary N) is 2. The van der Waals surface area contributed by atoms with Gasteiger partial charge in [0.25, 0.3) is 0 Å². The van der Waals surface area contributed by atoms with Crippen molar-refractivity contribution in [2.45, 2.75) is 31.5 Å². The molecule has 1 aliphatic rings. The topological polar surface area (TPSA) is 58.2 Å². The van der Waals surface area contributed by atoms with Crippen LogP contribution < -0.4 is 10.0 Å². The molecule has 0 amide bonds. The van der Waals surface area contributed by atoms with Gasteiger partial charge in [-0.3, -0.25) is 0 Å². The lowest BCUT2D eigenvalue weighted by molar-refractivity contribution is -0.132. The van der Waals surface area contributed by atoms with Crippen LogP contribution in [0, 0.1) is 0 Å². The van der Waals surface area contributed by atoms with Gasteiger partial charge < -0.3 is 5.32 Å². The highest BCUT2D eigenvalue weighted by Crippen LogP contribution is 2.18. The van der Waals surface area contributed by atoms with Crippen molar-refractivity contribution in [3.63, 3.8) is 0 Å². The quantitative estimate of drug-likeness (QED) is 0.761. The standard InChI is InChI=1S/C8H15F3N2O2S/c9-8(10,11)3-5-13-16(14,15)6-7-2-1-4-12-7/h7,12-13H,1-6H2. The smallest absolute Gasteiger partial charge is 0.313 e. The zero-order valence-electron chi connectivity index (χ0n) is 8.68. The summed E-state index contributed by atoms with van der Waals surface area (Å²) in [5.41, 5.74) is 0. The summed E-state index contributed by atoms with van der Waals surface area (Å²) in [7, 11) is -3.60. The van der Waals surface area contributed by atoms with E-state index in [-0.39, 0.29) is 11.8 Å². The minimum Gasteiger partial charge on any atom is -0.313 e. The average Bonchev–Trinajstić information content (AvgIpc) is 2.52. The van der Waals surface area contributed by atoms with Gasteiger partial charge in [-0.1, -0.05) is 0 Å². The molecular formula is C8H15F3N2O2S. The van der Waals surface area contributed by atoms with Crippen LogP contribution in [0.1, 0.15) is 19.3 Å². The summed E-state index contributed by atoms with van der Waals surface area (Å²) in [4.78, 5) is 0. The van der Waals surface area contributed by atoms with E-state index in [1.807, 2.05) is 4.72 Å². The summed E-state index contributed by atoms with van der Waals surface area (Å²) in [6.45, 7) is 0.182. The minimum absolute atomic E-state index is 0.136. The second-order valence-electron chi connectivity index (χ2n) is 3.83. The lowest BCUT2D eigenvalue weighted by Gasteiger charge is -2.12. The van der Waals surface area contributed by atoms with Crippen LogP contribution in [-0.4, -0.2) is 39.5 Å². The van der Waals surface area contributed by atoms with Gasteiger partial charge in [0, 0.05) is 12.6 Å². The average molecular weight is 260 g/mol. The van der Waals surface area contributed by atoms with Crippen molar-refractivity contribution in [1.29, 1.82) is 0 Å². The van der Waals surface area contributed by atoms with Gasteiger partial charge >= 0.3 is 6.18 Å². The molecule has 96 valence electrons. The summed E-state index contributed by atoms with van der Waals surface area (Å²) in [6, 6.07) is -0.136. The predicted molar refractivity (Wildman–Crippen MR) is 53.5 cm³/mol. The molecule has 0 aromatic heterocycles. The molecular weight excluding hydrogens is 245 g/mol. The Bertz CT molecular complexity index is 310. The van der Waals surface area contributed by atoms with Gasteiger partial charge in [-0.15, -0.1) is 0 Å². The highest BCUT2D eigenvalue weighted by atomic mass is 32.2. The summed E-state index contributed by atoms with van der Waals surface area (Å²) < 4.78 is 60.0. The molecule has 1 atom stereocenters. The van der Waals surface area contributed by atoms with Gasteiger partial charge in [-0.25, -0.2) is 13.1 Å². The lowest BCUT2D eigenvalue weighted by Crippen LogP contribution is -2.37. The van der Waals surface area contributed by atoms with Crippen LogP contribution in [0.2, 0.25) is 0 Å². The molecule has 1 rings (SSSR count). The minimum atomic E-state index is -4.33. The Labute approximate surface area is 92.6 Å². The fourth-order valence-corrected chi connectivity index (χ4v) is 2.92. The molecule has 1 fully saturated rings. The van der Waals surface area contributed by atoms with Gasteiger partial charge in [-0.05, 0) is 19.4 Å². The highest BCUT2D eigenvalue weighted by Gasteiger charge is 2.28. The van der Waals surface area contributed by atoms with Crippen LogP contribution in [-0.2, 0) is 10.0 Å². The number of rotatable bonds is 5. The Balaban J connectivity index is 2.28. The van der Waals surface area contributed by atoms with Crippen molar-refractivity contribution >= 4 is 10.0 Å². The molecule has 0 spiro atoms. The van der Waals surface area contributed by atoms with Crippen molar-refractivity contribution in [1.82, 2.24) is 10.0 Å². The van der Waals surface area contributed by atoms with Gasteiger partial charge in [0.15, 0.2) is 0 Å². The maximum Gasteiger partial charge on any atom is 0.390 e. The fraction of sp³-hybridized carbons (Fsp3) is 1.00. The van der Waals surface area contributed by atoms with E-state index < -0.39 is 29.2 Å². The molecule has 8 heteroatoms. The summed E-state index contributed by atoms with van der Waals surface area (Å²) >= 11 is 0. The first-order valence-corrected chi connectivity index (χ1v) is 6.71. The number of hydrogen-bond acceptors (Lipinski definition) is 3. The zero-order chi connectivity index (χ0) is 12.2. The first-order chi connectivity index (χ1) is 7.29. The molecule has 2 N–H and O–H groups in total. The molecule has 16 heavy (non-hydrogen) atoms. The van der Waals surface area contributed by atoms with Crippen LogP contribution >= 0.6 is 0 Å². The number of sulfonamides is 1. The van der Waals surface area contributed by atoms with Crippen LogP contribution in [0.15, 0.2) is 0 Å². The third kappa shape index (κ3) is 5.66. The number of halogens is 3. The molecule has 0 saturated carbocycles. The van der Waals surface area contributed by atoms with Crippen LogP contribution in [0.4, 0.5) is 13.2 Å². The number of hydrogen-bond donors (Lipinski definition) is 2. The first kappa shape index (κ1) is 13.7. The van der Waals surface area contributed by atoms with E-state index in [4.69, 9.17) is 0 Å². The molecule has 0 aliphatic carbocycles. The molecule has 0 radical (unpaired) electrons. The molecule has 0 bridgehead atoms. The van der Waals surface area contributed by atoms with Crippen molar-refractivity contribution in [2.24, 2.45) is 0 Å². The molecule has 1 heterocycles. The van der Waals surface area contributed by atoms with E-state index in [1.165, 1.54) is 0 Å². The van der Waals surface area contributed by atoms with Crippen molar-refractivity contribution in [2.75, 3.05) is 18.8 Å². The lowest BCUT2D eigenvalue weighted by atomic mass is 10.3. The molecule has 0 aromatic carbocycles. The Kier molecular flexibility index (Phi) is 4.57. The van der Waals surface area contributed by atoms with Crippen LogP contribution in [0.5, 0.6) is 0 Å². The Morgan fingerprint density at radius 2 is 2.06 bits per heavy atom. The molecule has 1 saturated heterocycles. The van der Waals surface area contributed by atoms with Gasteiger partial charge in [0.1, 0.15) is 0 Å².